The van der Waals surface area contributed by atoms with Crippen LogP contribution in [0.3, 0.4) is 0 Å². The third-order valence-electron chi connectivity index (χ3n) is 4.43. The molecule has 0 spiro atoms. The lowest BCUT2D eigenvalue weighted by molar-refractivity contribution is 0.0696. The molecule has 1 aliphatic rings. The highest BCUT2D eigenvalue weighted by atomic mass is 16.4. The van der Waals surface area contributed by atoms with Crippen molar-refractivity contribution >= 4 is 23.3 Å². The maximum absolute atomic E-state index is 13.2. The smallest absolute Gasteiger partial charge is 0.335 e. The molecule has 3 aromatic carbocycles. The minimum atomic E-state index is -0.977. The monoisotopic (exact) mass is 344 g/mol. The number of carbonyl (C=O) groups is 2. The fourth-order valence-electron chi connectivity index (χ4n) is 3.15. The van der Waals surface area contributed by atoms with Crippen LogP contribution >= 0.6 is 0 Å². The Labute approximate surface area is 150 Å². The summed E-state index contributed by atoms with van der Waals surface area (Å²) in [7, 11) is 0. The molecule has 0 aromatic heterocycles. The number of carboxylic acid groups (broad SMARTS) is 1. The zero-order valence-electron chi connectivity index (χ0n) is 13.8. The van der Waals surface area contributed by atoms with Crippen molar-refractivity contribution in [2.45, 2.75) is 6.17 Å². The number of carbonyl (C=O) groups excluding carboxylic acids is 1. The quantitative estimate of drug-likeness (QED) is 0.749. The number of rotatable bonds is 3. The fraction of sp³-hybridized carbons (Fsp3) is 0.0476. The second kappa shape index (κ2) is 6.37. The number of nitrogens with zero attached hydrogens (tertiary/aromatic N) is 1. The van der Waals surface area contributed by atoms with Crippen LogP contribution in [0.2, 0.25) is 0 Å². The predicted molar refractivity (Wildman–Crippen MR) is 99.5 cm³/mol. The van der Waals surface area contributed by atoms with Crippen LogP contribution in [0, 0.1) is 0 Å². The van der Waals surface area contributed by atoms with E-state index in [0.717, 1.165) is 16.9 Å². The lowest BCUT2D eigenvalue weighted by Crippen LogP contribution is -2.43. The van der Waals surface area contributed by atoms with Gasteiger partial charge in [-0.15, -0.1) is 0 Å². The molecule has 4 rings (SSSR count). The van der Waals surface area contributed by atoms with E-state index >= 15 is 0 Å². The van der Waals surface area contributed by atoms with Gasteiger partial charge in [-0.3, -0.25) is 9.69 Å². The number of aromatic carboxylic acids is 1. The summed E-state index contributed by atoms with van der Waals surface area (Å²) in [5.74, 6) is -1.08. The van der Waals surface area contributed by atoms with Crippen molar-refractivity contribution in [3.8, 4) is 0 Å². The van der Waals surface area contributed by atoms with Gasteiger partial charge < -0.3 is 10.4 Å². The van der Waals surface area contributed by atoms with Crippen LogP contribution < -0.4 is 10.2 Å². The third-order valence-corrected chi connectivity index (χ3v) is 4.43. The molecule has 1 heterocycles. The second-order valence-electron chi connectivity index (χ2n) is 6.03. The maximum atomic E-state index is 13.2. The molecule has 3 aromatic rings. The average molecular weight is 344 g/mol. The van der Waals surface area contributed by atoms with Crippen LogP contribution in [0.15, 0.2) is 78.9 Å². The fourth-order valence-corrected chi connectivity index (χ4v) is 3.15. The highest BCUT2D eigenvalue weighted by molar-refractivity contribution is 6.12. The molecular weight excluding hydrogens is 328 g/mol. The Bertz CT molecular complexity index is 968. The van der Waals surface area contributed by atoms with E-state index in [9.17, 15) is 9.59 Å². The molecule has 1 amide bonds. The van der Waals surface area contributed by atoms with Crippen molar-refractivity contribution in [1.82, 2.24) is 0 Å². The number of benzene rings is 3. The van der Waals surface area contributed by atoms with Gasteiger partial charge in [-0.2, -0.15) is 0 Å². The number of hydrogen-bond donors (Lipinski definition) is 2. The van der Waals surface area contributed by atoms with Crippen LogP contribution in [0.4, 0.5) is 11.4 Å². The Morgan fingerprint density at radius 2 is 1.54 bits per heavy atom. The molecule has 0 saturated heterocycles. The van der Waals surface area contributed by atoms with Gasteiger partial charge in [0, 0.05) is 11.4 Å². The summed E-state index contributed by atoms with van der Waals surface area (Å²) in [5, 5.41) is 12.5. The zero-order valence-corrected chi connectivity index (χ0v) is 13.8. The van der Waals surface area contributed by atoms with Gasteiger partial charge in [0.05, 0.1) is 11.1 Å². The standard InChI is InChI=1S/C21H16N2O3/c24-20-17-8-4-5-9-18(17)22-19(23(20)16-6-2-1-3-7-16)14-10-12-15(13-11-14)21(25)26/h1-13,19,22H,(H,25,26)/t19-/m0/s1. The van der Waals surface area contributed by atoms with Crippen molar-refractivity contribution in [1.29, 1.82) is 0 Å². The molecule has 0 aliphatic carbocycles. The molecule has 0 radical (unpaired) electrons. The van der Waals surface area contributed by atoms with Crippen molar-refractivity contribution in [2.75, 3.05) is 10.2 Å². The van der Waals surface area contributed by atoms with E-state index in [1.807, 2.05) is 48.5 Å². The van der Waals surface area contributed by atoms with Crippen molar-refractivity contribution in [3.05, 3.63) is 95.6 Å². The summed E-state index contributed by atoms with van der Waals surface area (Å²) < 4.78 is 0. The van der Waals surface area contributed by atoms with Crippen LogP contribution in [-0.2, 0) is 0 Å². The van der Waals surface area contributed by atoms with Gasteiger partial charge in [0.15, 0.2) is 0 Å². The van der Waals surface area contributed by atoms with Crippen LogP contribution in [0.5, 0.6) is 0 Å². The molecule has 128 valence electrons. The maximum Gasteiger partial charge on any atom is 0.335 e. The number of carboxylic acids is 1. The van der Waals surface area contributed by atoms with E-state index in [1.165, 1.54) is 0 Å². The first-order valence-corrected chi connectivity index (χ1v) is 8.22. The van der Waals surface area contributed by atoms with Gasteiger partial charge in [0.2, 0.25) is 0 Å². The van der Waals surface area contributed by atoms with E-state index in [1.54, 1.807) is 35.2 Å². The molecule has 1 atom stereocenters. The van der Waals surface area contributed by atoms with E-state index in [-0.39, 0.29) is 11.5 Å². The molecule has 5 heteroatoms. The van der Waals surface area contributed by atoms with E-state index in [4.69, 9.17) is 5.11 Å². The third kappa shape index (κ3) is 2.69. The van der Waals surface area contributed by atoms with E-state index < -0.39 is 12.1 Å². The Morgan fingerprint density at radius 3 is 2.23 bits per heavy atom. The number of amides is 1. The minimum Gasteiger partial charge on any atom is -0.478 e. The van der Waals surface area contributed by atoms with Crippen molar-refractivity contribution in [2.24, 2.45) is 0 Å². The number of para-hydroxylation sites is 2. The highest BCUT2D eigenvalue weighted by Crippen LogP contribution is 2.36. The SMILES string of the molecule is O=C(O)c1ccc([C@H]2Nc3ccccc3C(=O)N2c2ccccc2)cc1. The van der Waals surface area contributed by atoms with Crippen molar-refractivity contribution < 1.29 is 14.7 Å². The number of hydrogen-bond acceptors (Lipinski definition) is 3. The molecule has 2 N–H and O–H groups in total. The molecule has 5 nitrogen and oxygen atoms in total. The van der Waals surface area contributed by atoms with Gasteiger partial charge in [-0.05, 0) is 42.0 Å². The largest absolute Gasteiger partial charge is 0.478 e. The zero-order chi connectivity index (χ0) is 18.1. The first kappa shape index (κ1) is 15.9. The van der Waals surface area contributed by atoms with Gasteiger partial charge in [-0.25, -0.2) is 4.79 Å². The highest BCUT2D eigenvalue weighted by Gasteiger charge is 2.33. The first-order valence-electron chi connectivity index (χ1n) is 8.22. The molecular formula is C21H16N2O3. The van der Waals surface area contributed by atoms with Gasteiger partial charge in [-0.1, -0.05) is 42.5 Å². The summed E-state index contributed by atoms with van der Waals surface area (Å²) in [6.45, 7) is 0. The Balaban J connectivity index is 1.82. The van der Waals surface area contributed by atoms with Gasteiger partial charge in [0.1, 0.15) is 6.17 Å². The number of nitrogens with one attached hydrogen (secondary N) is 1. The molecule has 1 aliphatic heterocycles. The molecule has 0 bridgehead atoms. The van der Waals surface area contributed by atoms with Crippen molar-refractivity contribution in [3.63, 3.8) is 0 Å². The summed E-state index contributed by atoms with van der Waals surface area (Å²) >= 11 is 0. The first-order chi connectivity index (χ1) is 12.6. The Morgan fingerprint density at radius 1 is 0.885 bits per heavy atom. The van der Waals surface area contributed by atoms with E-state index in [2.05, 4.69) is 5.32 Å². The van der Waals surface area contributed by atoms with E-state index in [0.29, 0.717) is 5.56 Å². The van der Waals surface area contributed by atoms with Crippen LogP contribution in [-0.4, -0.2) is 17.0 Å². The minimum absolute atomic E-state index is 0.0992. The molecule has 0 fully saturated rings. The lowest BCUT2D eigenvalue weighted by Gasteiger charge is -2.38. The number of anilines is 2. The molecule has 26 heavy (non-hydrogen) atoms. The Hall–Kier alpha value is -3.60. The summed E-state index contributed by atoms with van der Waals surface area (Å²) in [5.41, 5.74) is 3.16. The predicted octanol–water partition coefficient (Wildman–Crippen LogP) is 4.16. The summed E-state index contributed by atoms with van der Waals surface area (Å²) in [6, 6.07) is 23.4. The molecule has 0 unspecified atom stereocenters. The molecule has 0 saturated carbocycles. The lowest BCUT2D eigenvalue weighted by atomic mass is 10.0. The average Bonchev–Trinajstić information content (AvgIpc) is 2.68. The second-order valence-corrected chi connectivity index (χ2v) is 6.03. The summed E-state index contributed by atoms with van der Waals surface area (Å²) in [6.07, 6.45) is -0.428. The Kier molecular flexibility index (Phi) is 3.89. The van der Waals surface area contributed by atoms with Crippen LogP contribution in [0.25, 0.3) is 0 Å². The van der Waals surface area contributed by atoms with Crippen LogP contribution in [0.1, 0.15) is 32.4 Å². The van der Waals surface area contributed by atoms with Gasteiger partial charge in [0.25, 0.3) is 5.91 Å². The van der Waals surface area contributed by atoms with Gasteiger partial charge >= 0.3 is 5.97 Å². The summed E-state index contributed by atoms with van der Waals surface area (Å²) in [4.78, 5) is 26.0. The normalized spacial score (nSPS) is 15.9. The number of fused-ring (bicyclic) bond motifs is 1. The topological polar surface area (TPSA) is 69.6 Å².